The highest BCUT2D eigenvalue weighted by Crippen LogP contribution is 2.18. The lowest BCUT2D eigenvalue weighted by atomic mass is 10.0. The van der Waals surface area contributed by atoms with Gasteiger partial charge in [0, 0.05) is 0 Å². The van der Waals surface area contributed by atoms with Crippen molar-refractivity contribution in [1.29, 1.82) is 0 Å². The Morgan fingerprint density at radius 1 is 0.760 bits per heavy atom. The first-order valence-electron chi connectivity index (χ1n) is 9.53. The second kappa shape index (κ2) is 18.5. The molecule has 0 bridgehead atoms. The van der Waals surface area contributed by atoms with Gasteiger partial charge in [-0.2, -0.15) is 0 Å². The summed E-state index contributed by atoms with van der Waals surface area (Å²) in [5, 5.41) is 0. The monoisotopic (exact) mass is 342 g/mol. The lowest BCUT2D eigenvalue weighted by Gasteiger charge is -2.04. The molecular formula is C25H42. The van der Waals surface area contributed by atoms with Gasteiger partial charge in [0.05, 0.1) is 0 Å². The van der Waals surface area contributed by atoms with Crippen molar-refractivity contribution in [2.75, 3.05) is 0 Å². The van der Waals surface area contributed by atoms with Crippen LogP contribution in [0.3, 0.4) is 0 Å². The zero-order valence-corrected chi connectivity index (χ0v) is 17.4. The smallest absolute Gasteiger partial charge is 0.0227 e. The fourth-order valence-electron chi connectivity index (χ4n) is 2.00. The second-order valence-electron chi connectivity index (χ2n) is 4.79. The summed E-state index contributed by atoms with van der Waals surface area (Å²) in [5.74, 6) is 0. The molecule has 2 aromatic carbocycles. The van der Waals surface area contributed by atoms with Crippen LogP contribution in [0, 0.1) is 6.92 Å². The van der Waals surface area contributed by atoms with Crippen LogP contribution in [0.15, 0.2) is 48.5 Å². The van der Waals surface area contributed by atoms with E-state index in [2.05, 4.69) is 75.4 Å². The molecule has 0 heteroatoms. The number of allylic oxidation sites excluding steroid dienone is 1. The van der Waals surface area contributed by atoms with Gasteiger partial charge in [-0.15, -0.1) is 0 Å². The Hall–Kier alpha value is -1.82. The predicted octanol–water partition coefficient (Wildman–Crippen LogP) is 8.83. The molecule has 25 heavy (non-hydrogen) atoms. The maximum absolute atomic E-state index is 2.24. The maximum Gasteiger partial charge on any atom is -0.0227 e. The van der Waals surface area contributed by atoms with E-state index in [1.807, 2.05) is 41.5 Å². The molecule has 0 unspecified atom stereocenters. The van der Waals surface area contributed by atoms with Crippen molar-refractivity contribution in [3.05, 3.63) is 70.8 Å². The first-order chi connectivity index (χ1) is 11.7. The molecule has 0 N–H and O–H groups in total. The summed E-state index contributed by atoms with van der Waals surface area (Å²) >= 11 is 0. The summed E-state index contributed by atoms with van der Waals surface area (Å²) < 4.78 is 0. The normalized spacial score (nSPS) is 9.08. The molecule has 0 fully saturated rings. The molecule has 0 aliphatic rings. The topological polar surface area (TPSA) is 0 Å². The van der Waals surface area contributed by atoms with Crippen LogP contribution in [0.4, 0.5) is 0 Å². The molecule has 0 radical (unpaired) electrons. The Balaban J connectivity index is -0.000000626. The van der Waals surface area contributed by atoms with Crippen molar-refractivity contribution in [3.63, 3.8) is 0 Å². The number of aryl methyl sites for hydroxylation is 2. The number of hydrogen-bond donors (Lipinski definition) is 0. The van der Waals surface area contributed by atoms with Gasteiger partial charge in [0.1, 0.15) is 0 Å². The lowest BCUT2D eigenvalue weighted by Crippen LogP contribution is -1.83. The zero-order chi connectivity index (χ0) is 19.0. The van der Waals surface area contributed by atoms with Crippen LogP contribution in [0.1, 0.15) is 85.1 Å². The Morgan fingerprint density at radius 3 is 1.60 bits per heavy atom. The first kappa shape index (κ1) is 28.0. The van der Waals surface area contributed by atoms with E-state index in [-0.39, 0.29) is 7.43 Å². The van der Waals surface area contributed by atoms with Gasteiger partial charge in [0.15, 0.2) is 0 Å². The van der Waals surface area contributed by atoms with Gasteiger partial charge in [-0.3, -0.25) is 0 Å². The van der Waals surface area contributed by atoms with Crippen LogP contribution < -0.4 is 0 Å². The molecule has 0 aliphatic heterocycles. The summed E-state index contributed by atoms with van der Waals surface area (Å²) in [6, 6.07) is 17.5. The summed E-state index contributed by atoms with van der Waals surface area (Å²) in [7, 11) is 0. The summed E-state index contributed by atoms with van der Waals surface area (Å²) in [4.78, 5) is 0. The van der Waals surface area contributed by atoms with E-state index in [0.717, 1.165) is 6.42 Å². The fourth-order valence-corrected chi connectivity index (χ4v) is 2.00. The van der Waals surface area contributed by atoms with E-state index in [1.54, 1.807) is 0 Å². The van der Waals surface area contributed by atoms with Gasteiger partial charge in [-0.05, 0) is 42.5 Å². The van der Waals surface area contributed by atoms with Crippen molar-refractivity contribution < 1.29 is 0 Å². The SMILES string of the molecule is C.CC.CC.CC.CCc1ccc(/C(C)=C/c2ccc(C)cc2)cc1. The molecule has 0 saturated heterocycles. The van der Waals surface area contributed by atoms with E-state index in [4.69, 9.17) is 0 Å². The lowest BCUT2D eigenvalue weighted by molar-refractivity contribution is 1.14. The van der Waals surface area contributed by atoms with Crippen molar-refractivity contribution in [3.8, 4) is 0 Å². The molecule has 0 atom stereocenters. The van der Waals surface area contributed by atoms with Gasteiger partial charge >= 0.3 is 0 Å². The van der Waals surface area contributed by atoms with E-state index in [1.165, 1.54) is 27.8 Å². The molecule has 2 rings (SSSR count). The van der Waals surface area contributed by atoms with Crippen molar-refractivity contribution in [2.45, 2.75) is 76.2 Å². The van der Waals surface area contributed by atoms with E-state index in [0.29, 0.717) is 0 Å². The molecule has 142 valence electrons. The van der Waals surface area contributed by atoms with E-state index >= 15 is 0 Å². The van der Waals surface area contributed by atoms with Gasteiger partial charge in [-0.1, -0.05) is 116 Å². The predicted molar refractivity (Wildman–Crippen MR) is 121 cm³/mol. The fraction of sp³-hybridized carbons (Fsp3) is 0.440. The van der Waals surface area contributed by atoms with Crippen LogP contribution in [0.25, 0.3) is 11.6 Å². The summed E-state index contributed by atoms with van der Waals surface area (Å²) in [6.45, 7) is 18.5. The van der Waals surface area contributed by atoms with Crippen LogP contribution in [-0.2, 0) is 6.42 Å². The Kier molecular flexibility index (Phi) is 20.7. The van der Waals surface area contributed by atoms with Crippen LogP contribution in [0.5, 0.6) is 0 Å². The number of hydrogen-bond acceptors (Lipinski definition) is 0. The molecular weight excluding hydrogens is 300 g/mol. The maximum atomic E-state index is 2.24. The van der Waals surface area contributed by atoms with Crippen LogP contribution >= 0.6 is 0 Å². The van der Waals surface area contributed by atoms with E-state index in [9.17, 15) is 0 Å². The molecule has 0 saturated carbocycles. The summed E-state index contributed by atoms with van der Waals surface area (Å²) in [6.07, 6.45) is 3.33. The van der Waals surface area contributed by atoms with Crippen LogP contribution in [0.2, 0.25) is 0 Å². The van der Waals surface area contributed by atoms with Crippen molar-refractivity contribution in [2.24, 2.45) is 0 Å². The Morgan fingerprint density at radius 2 is 1.20 bits per heavy atom. The van der Waals surface area contributed by atoms with Gasteiger partial charge in [0.2, 0.25) is 0 Å². The quantitative estimate of drug-likeness (QED) is 0.489. The van der Waals surface area contributed by atoms with E-state index < -0.39 is 0 Å². The van der Waals surface area contributed by atoms with Gasteiger partial charge in [0.25, 0.3) is 0 Å². The van der Waals surface area contributed by atoms with Gasteiger partial charge < -0.3 is 0 Å². The minimum absolute atomic E-state index is 0. The average Bonchev–Trinajstić information content (AvgIpc) is 2.68. The number of rotatable bonds is 3. The Bertz CT molecular complexity index is 527. The number of benzene rings is 2. The molecule has 0 nitrogen and oxygen atoms in total. The van der Waals surface area contributed by atoms with Crippen molar-refractivity contribution in [1.82, 2.24) is 0 Å². The molecule has 0 spiro atoms. The highest BCUT2D eigenvalue weighted by Gasteiger charge is 1.97. The standard InChI is InChI=1S/C18H20.3C2H6.CH4/c1-4-16-9-11-18(12-10-16)15(3)13-17-7-5-14(2)6-8-17;3*1-2;/h5-13H,4H2,1-3H3;3*1-2H3;1H4/b15-13+;;;;. The third-order valence-electron chi connectivity index (χ3n) is 3.28. The van der Waals surface area contributed by atoms with Crippen molar-refractivity contribution >= 4 is 11.6 Å². The minimum Gasteiger partial charge on any atom is -0.0776 e. The largest absolute Gasteiger partial charge is 0.0776 e. The second-order valence-corrected chi connectivity index (χ2v) is 4.79. The molecule has 0 amide bonds. The highest BCUT2D eigenvalue weighted by atomic mass is 14.0. The molecule has 0 aromatic heterocycles. The average molecular weight is 343 g/mol. The highest BCUT2D eigenvalue weighted by molar-refractivity contribution is 5.80. The molecule has 0 aliphatic carbocycles. The molecule has 2 aromatic rings. The zero-order valence-electron chi connectivity index (χ0n) is 17.4. The third kappa shape index (κ3) is 11.4. The first-order valence-corrected chi connectivity index (χ1v) is 9.53. The summed E-state index contributed by atoms with van der Waals surface area (Å²) in [5.41, 5.74) is 6.56. The van der Waals surface area contributed by atoms with Crippen LogP contribution in [-0.4, -0.2) is 0 Å². The van der Waals surface area contributed by atoms with Gasteiger partial charge in [-0.25, -0.2) is 0 Å². The Labute approximate surface area is 159 Å². The third-order valence-corrected chi connectivity index (χ3v) is 3.28. The molecule has 0 heterocycles. The minimum atomic E-state index is 0.